The Morgan fingerprint density at radius 3 is 2.90 bits per heavy atom. The van der Waals surface area contributed by atoms with Crippen molar-refractivity contribution in [3.63, 3.8) is 0 Å². The first-order valence-electron chi connectivity index (χ1n) is 7.08. The van der Waals surface area contributed by atoms with Crippen LogP contribution in [0, 0.1) is 0 Å². The van der Waals surface area contributed by atoms with E-state index in [9.17, 15) is 4.79 Å². The Morgan fingerprint density at radius 2 is 2.20 bits per heavy atom. The van der Waals surface area contributed by atoms with E-state index in [2.05, 4.69) is 15.4 Å². The van der Waals surface area contributed by atoms with Gasteiger partial charge in [-0.25, -0.2) is 0 Å². The molecule has 5 heteroatoms. The summed E-state index contributed by atoms with van der Waals surface area (Å²) in [5.74, 6) is 0.0756. The normalized spacial score (nSPS) is 21.4. The summed E-state index contributed by atoms with van der Waals surface area (Å²) in [7, 11) is 0. The second-order valence-corrected chi connectivity index (χ2v) is 5.47. The van der Waals surface area contributed by atoms with Gasteiger partial charge in [0.05, 0.1) is 5.71 Å². The maximum atomic E-state index is 12.2. The van der Waals surface area contributed by atoms with Crippen LogP contribution in [-0.2, 0) is 4.79 Å². The molecule has 1 heterocycles. The highest BCUT2D eigenvalue weighted by Gasteiger charge is 2.31. The van der Waals surface area contributed by atoms with E-state index in [1.54, 1.807) is 0 Å². The molecule has 2 N–H and O–H groups in total. The molecule has 0 spiro atoms. The lowest BCUT2D eigenvalue weighted by Crippen LogP contribution is -2.48. The van der Waals surface area contributed by atoms with Gasteiger partial charge in [-0.1, -0.05) is 23.4 Å². The van der Waals surface area contributed by atoms with Crippen LogP contribution < -0.4 is 10.2 Å². The third kappa shape index (κ3) is 2.35. The monoisotopic (exact) mass is 273 g/mol. The summed E-state index contributed by atoms with van der Waals surface area (Å²) in [5.41, 5.74) is 2.56. The quantitative estimate of drug-likeness (QED) is 0.651. The van der Waals surface area contributed by atoms with Gasteiger partial charge in [-0.15, -0.1) is 0 Å². The third-order valence-electron chi connectivity index (χ3n) is 4.01. The predicted molar refractivity (Wildman–Crippen MR) is 77.4 cm³/mol. The van der Waals surface area contributed by atoms with Gasteiger partial charge in [-0.05, 0) is 25.8 Å². The molecule has 20 heavy (non-hydrogen) atoms. The fourth-order valence-electron chi connectivity index (χ4n) is 2.65. The van der Waals surface area contributed by atoms with Gasteiger partial charge in [0.15, 0.2) is 0 Å². The van der Waals surface area contributed by atoms with Crippen LogP contribution in [0.5, 0.6) is 0 Å². The van der Waals surface area contributed by atoms with Crippen LogP contribution in [0.4, 0.5) is 5.69 Å². The summed E-state index contributed by atoms with van der Waals surface area (Å²) in [6, 6.07) is 7.93. The number of carbonyl (C=O) groups excluding carboxylic acids is 1. The highest BCUT2D eigenvalue weighted by molar-refractivity contribution is 6.07. The van der Waals surface area contributed by atoms with Crippen molar-refractivity contribution in [2.75, 3.05) is 11.4 Å². The molecule has 0 bridgehead atoms. The van der Waals surface area contributed by atoms with E-state index in [-0.39, 0.29) is 11.9 Å². The van der Waals surface area contributed by atoms with Crippen LogP contribution in [-0.4, -0.2) is 35.5 Å². The summed E-state index contributed by atoms with van der Waals surface area (Å²) in [5, 5.41) is 15.5. The van der Waals surface area contributed by atoms with Crippen LogP contribution in [0.15, 0.2) is 29.4 Å². The number of hydrogen-bond acceptors (Lipinski definition) is 4. The molecular weight excluding hydrogens is 254 g/mol. The Kier molecular flexibility index (Phi) is 3.34. The molecule has 1 fully saturated rings. The van der Waals surface area contributed by atoms with E-state index in [0.29, 0.717) is 24.7 Å². The molecule has 1 aromatic rings. The lowest BCUT2D eigenvalue weighted by Gasteiger charge is -2.35. The number of rotatable bonds is 3. The average molecular weight is 273 g/mol. The van der Waals surface area contributed by atoms with Gasteiger partial charge in [0.2, 0.25) is 5.91 Å². The number of anilines is 1. The van der Waals surface area contributed by atoms with E-state index in [4.69, 9.17) is 5.21 Å². The lowest BCUT2D eigenvalue weighted by atomic mass is 9.98. The van der Waals surface area contributed by atoms with Crippen LogP contribution in [0.2, 0.25) is 0 Å². The van der Waals surface area contributed by atoms with Crippen LogP contribution in [0.1, 0.15) is 31.7 Å². The fraction of sp³-hybridized carbons (Fsp3) is 0.467. The smallest absolute Gasteiger partial charge is 0.242 e. The number of fused-ring (bicyclic) bond motifs is 1. The fourth-order valence-corrected chi connectivity index (χ4v) is 2.65. The summed E-state index contributed by atoms with van der Waals surface area (Å²) in [6.07, 6.45) is 2.83. The van der Waals surface area contributed by atoms with Crippen molar-refractivity contribution in [2.45, 2.75) is 38.3 Å². The summed E-state index contributed by atoms with van der Waals surface area (Å²) in [6.45, 7) is 2.62. The van der Waals surface area contributed by atoms with Crippen LogP contribution >= 0.6 is 0 Å². The first kappa shape index (κ1) is 13.0. The van der Waals surface area contributed by atoms with Crippen molar-refractivity contribution in [3.05, 3.63) is 29.8 Å². The number of oxime groups is 1. The molecule has 1 aliphatic heterocycles. The number of benzene rings is 1. The van der Waals surface area contributed by atoms with Gasteiger partial charge in [0.25, 0.3) is 0 Å². The van der Waals surface area contributed by atoms with Crippen molar-refractivity contribution < 1.29 is 10.0 Å². The van der Waals surface area contributed by atoms with Gasteiger partial charge >= 0.3 is 0 Å². The second-order valence-electron chi connectivity index (χ2n) is 5.47. The molecule has 0 saturated heterocycles. The molecule has 106 valence electrons. The van der Waals surface area contributed by atoms with Crippen molar-refractivity contribution >= 4 is 17.3 Å². The van der Waals surface area contributed by atoms with Gasteiger partial charge in [-0.2, -0.15) is 0 Å². The third-order valence-corrected chi connectivity index (χ3v) is 4.01. The van der Waals surface area contributed by atoms with E-state index in [1.807, 2.05) is 31.2 Å². The lowest BCUT2D eigenvalue weighted by molar-refractivity contribution is -0.122. The van der Waals surface area contributed by atoms with E-state index < -0.39 is 0 Å². The minimum Gasteiger partial charge on any atom is -0.411 e. The molecule has 1 aromatic carbocycles. The minimum atomic E-state index is -0.211. The molecule has 0 radical (unpaired) electrons. The predicted octanol–water partition coefficient (Wildman–Crippen LogP) is 1.74. The Labute approximate surface area is 118 Å². The van der Waals surface area contributed by atoms with Crippen molar-refractivity contribution in [3.8, 4) is 0 Å². The number of nitrogens with zero attached hydrogens (tertiary/aromatic N) is 2. The molecular formula is C15H19N3O2. The largest absolute Gasteiger partial charge is 0.411 e. The van der Waals surface area contributed by atoms with Crippen LogP contribution in [0.3, 0.4) is 0 Å². The number of carbonyl (C=O) groups is 1. The van der Waals surface area contributed by atoms with Crippen LogP contribution in [0.25, 0.3) is 0 Å². The van der Waals surface area contributed by atoms with Crippen molar-refractivity contribution in [2.24, 2.45) is 5.16 Å². The summed E-state index contributed by atoms with van der Waals surface area (Å²) < 4.78 is 0. The zero-order valence-electron chi connectivity index (χ0n) is 11.5. The molecule has 1 unspecified atom stereocenters. The number of para-hydroxylation sites is 1. The van der Waals surface area contributed by atoms with Crippen molar-refractivity contribution in [1.29, 1.82) is 0 Å². The van der Waals surface area contributed by atoms with Gasteiger partial charge in [-0.3, -0.25) is 4.79 Å². The SMILES string of the molecule is CC(C(=O)NC1CC1)N1CCC(=NO)c2ccccc21. The first-order valence-corrected chi connectivity index (χ1v) is 7.08. The Balaban J connectivity index is 1.85. The highest BCUT2D eigenvalue weighted by Crippen LogP contribution is 2.29. The average Bonchev–Trinajstić information content (AvgIpc) is 3.29. The molecule has 1 aliphatic carbocycles. The maximum Gasteiger partial charge on any atom is 0.242 e. The first-order chi connectivity index (χ1) is 9.70. The highest BCUT2D eigenvalue weighted by atomic mass is 16.4. The minimum absolute atomic E-state index is 0.0756. The Hall–Kier alpha value is -2.04. The van der Waals surface area contributed by atoms with E-state index >= 15 is 0 Å². The molecule has 3 rings (SSSR count). The van der Waals surface area contributed by atoms with E-state index in [1.165, 1.54) is 0 Å². The molecule has 5 nitrogen and oxygen atoms in total. The maximum absolute atomic E-state index is 12.2. The standard InChI is InChI=1S/C15H19N3O2/c1-10(15(19)16-11-6-7-11)18-9-8-13(17-20)12-4-2-3-5-14(12)18/h2-5,10-11,20H,6-9H2,1H3,(H,16,19). The zero-order chi connectivity index (χ0) is 14.1. The van der Waals surface area contributed by atoms with Gasteiger partial charge in [0, 0.05) is 30.3 Å². The summed E-state index contributed by atoms with van der Waals surface area (Å²) in [4.78, 5) is 14.3. The van der Waals surface area contributed by atoms with Gasteiger partial charge in [0.1, 0.15) is 6.04 Å². The number of nitrogens with one attached hydrogen (secondary N) is 1. The van der Waals surface area contributed by atoms with Gasteiger partial charge < -0.3 is 15.4 Å². The second kappa shape index (κ2) is 5.15. The van der Waals surface area contributed by atoms with E-state index in [0.717, 1.165) is 24.1 Å². The van der Waals surface area contributed by atoms with Crippen molar-refractivity contribution in [1.82, 2.24) is 5.32 Å². The Morgan fingerprint density at radius 1 is 1.45 bits per heavy atom. The Bertz CT molecular complexity index is 552. The molecule has 0 aromatic heterocycles. The molecule has 2 aliphatic rings. The topological polar surface area (TPSA) is 64.9 Å². The molecule has 1 atom stereocenters. The number of amides is 1. The molecule has 1 amide bonds. The molecule has 1 saturated carbocycles. The number of hydrogen-bond donors (Lipinski definition) is 2. The zero-order valence-corrected chi connectivity index (χ0v) is 11.5. The summed E-state index contributed by atoms with van der Waals surface area (Å²) >= 11 is 0.